The SMILES string of the molecule is CO[C@@H]1C=C[C@@](CCC(N)=O)(OC)O1. The van der Waals surface area contributed by atoms with Crippen molar-refractivity contribution in [3.63, 3.8) is 0 Å². The van der Waals surface area contributed by atoms with E-state index in [4.69, 9.17) is 19.9 Å². The second-order valence-electron chi connectivity index (χ2n) is 3.06. The van der Waals surface area contributed by atoms with Crippen molar-refractivity contribution in [1.82, 2.24) is 0 Å². The Morgan fingerprint density at radius 3 is 2.79 bits per heavy atom. The third-order valence-electron chi connectivity index (χ3n) is 2.12. The molecule has 5 heteroatoms. The predicted molar refractivity (Wildman–Crippen MR) is 49.2 cm³/mol. The molecule has 1 rings (SSSR count). The highest BCUT2D eigenvalue weighted by Gasteiger charge is 2.35. The third kappa shape index (κ3) is 2.54. The van der Waals surface area contributed by atoms with Crippen molar-refractivity contribution in [2.75, 3.05) is 14.2 Å². The molecule has 0 spiro atoms. The van der Waals surface area contributed by atoms with Gasteiger partial charge in [0.15, 0.2) is 12.1 Å². The molecule has 14 heavy (non-hydrogen) atoms. The topological polar surface area (TPSA) is 70.8 Å². The number of nitrogens with two attached hydrogens (primary N) is 1. The van der Waals surface area contributed by atoms with Gasteiger partial charge in [0.2, 0.25) is 5.91 Å². The number of hydrogen-bond donors (Lipinski definition) is 1. The first kappa shape index (κ1) is 11.2. The van der Waals surface area contributed by atoms with E-state index < -0.39 is 12.1 Å². The molecule has 0 bridgehead atoms. The fourth-order valence-corrected chi connectivity index (χ4v) is 1.28. The van der Waals surface area contributed by atoms with E-state index in [9.17, 15) is 4.79 Å². The average Bonchev–Trinajstić information content (AvgIpc) is 2.59. The standard InChI is InChI=1S/C9H15NO4/c1-12-8-4-6-9(13-2,14-8)5-3-7(10)11/h4,6,8H,3,5H2,1-2H3,(H2,10,11)/t8-,9-/m0/s1. The van der Waals surface area contributed by atoms with Gasteiger partial charge in [-0.05, 0) is 12.2 Å². The van der Waals surface area contributed by atoms with Crippen molar-refractivity contribution in [3.8, 4) is 0 Å². The van der Waals surface area contributed by atoms with Gasteiger partial charge in [-0.2, -0.15) is 0 Å². The number of carbonyl (C=O) groups excluding carboxylic acids is 1. The van der Waals surface area contributed by atoms with E-state index in [0.717, 1.165) is 0 Å². The fourth-order valence-electron chi connectivity index (χ4n) is 1.28. The van der Waals surface area contributed by atoms with Crippen molar-refractivity contribution in [1.29, 1.82) is 0 Å². The Morgan fingerprint density at radius 1 is 1.64 bits per heavy atom. The van der Waals surface area contributed by atoms with E-state index in [2.05, 4.69) is 0 Å². The van der Waals surface area contributed by atoms with Crippen molar-refractivity contribution in [2.24, 2.45) is 5.73 Å². The van der Waals surface area contributed by atoms with Gasteiger partial charge in [0.1, 0.15) is 0 Å². The lowest BCUT2D eigenvalue weighted by atomic mass is 10.1. The monoisotopic (exact) mass is 201 g/mol. The van der Waals surface area contributed by atoms with Gasteiger partial charge in [0.05, 0.1) is 0 Å². The van der Waals surface area contributed by atoms with Crippen molar-refractivity contribution < 1.29 is 19.0 Å². The molecule has 1 aliphatic heterocycles. The van der Waals surface area contributed by atoms with Gasteiger partial charge in [-0.15, -0.1) is 0 Å². The second-order valence-corrected chi connectivity index (χ2v) is 3.06. The molecule has 1 amide bonds. The lowest BCUT2D eigenvalue weighted by Gasteiger charge is -2.26. The lowest BCUT2D eigenvalue weighted by Crippen LogP contribution is -2.33. The average molecular weight is 201 g/mol. The maximum absolute atomic E-state index is 10.6. The summed E-state index contributed by atoms with van der Waals surface area (Å²) in [5, 5.41) is 0. The molecule has 0 unspecified atom stereocenters. The number of rotatable bonds is 5. The molecular weight excluding hydrogens is 186 g/mol. The summed E-state index contributed by atoms with van der Waals surface area (Å²) in [6.45, 7) is 0. The van der Waals surface area contributed by atoms with Crippen LogP contribution >= 0.6 is 0 Å². The zero-order valence-electron chi connectivity index (χ0n) is 8.36. The quantitative estimate of drug-likeness (QED) is 0.643. The minimum absolute atomic E-state index is 0.217. The van der Waals surface area contributed by atoms with E-state index in [-0.39, 0.29) is 12.3 Å². The van der Waals surface area contributed by atoms with E-state index >= 15 is 0 Å². The number of methoxy groups -OCH3 is 2. The Labute approximate surface area is 82.8 Å². The summed E-state index contributed by atoms with van der Waals surface area (Å²) >= 11 is 0. The highest BCUT2D eigenvalue weighted by atomic mass is 16.8. The van der Waals surface area contributed by atoms with E-state index in [1.54, 1.807) is 12.2 Å². The highest BCUT2D eigenvalue weighted by Crippen LogP contribution is 2.29. The largest absolute Gasteiger partial charge is 0.370 e. The lowest BCUT2D eigenvalue weighted by molar-refractivity contribution is -0.244. The van der Waals surface area contributed by atoms with Crippen LogP contribution in [0.1, 0.15) is 12.8 Å². The molecule has 2 N–H and O–H groups in total. The van der Waals surface area contributed by atoms with Gasteiger partial charge < -0.3 is 19.9 Å². The molecule has 0 aliphatic carbocycles. The van der Waals surface area contributed by atoms with Crippen molar-refractivity contribution in [3.05, 3.63) is 12.2 Å². The molecule has 0 fully saturated rings. The minimum Gasteiger partial charge on any atom is -0.370 e. The van der Waals surface area contributed by atoms with Gasteiger partial charge in [-0.25, -0.2) is 0 Å². The van der Waals surface area contributed by atoms with Gasteiger partial charge in [0, 0.05) is 27.1 Å². The molecule has 1 aliphatic rings. The molecule has 0 aromatic carbocycles. The van der Waals surface area contributed by atoms with Gasteiger partial charge >= 0.3 is 0 Å². The highest BCUT2D eigenvalue weighted by molar-refractivity contribution is 5.73. The maximum Gasteiger partial charge on any atom is 0.217 e. The number of carbonyl (C=O) groups is 1. The van der Waals surface area contributed by atoms with E-state index in [1.165, 1.54) is 14.2 Å². The smallest absolute Gasteiger partial charge is 0.217 e. The van der Waals surface area contributed by atoms with Crippen LogP contribution in [-0.4, -0.2) is 32.2 Å². The van der Waals surface area contributed by atoms with Crippen LogP contribution in [0.3, 0.4) is 0 Å². The third-order valence-corrected chi connectivity index (χ3v) is 2.12. The molecule has 2 atom stereocenters. The predicted octanol–water partition coefficient (Wildman–Crippen LogP) is 0.154. The van der Waals surface area contributed by atoms with E-state index in [1.807, 2.05) is 0 Å². The van der Waals surface area contributed by atoms with Gasteiger partial charge in [-0.1, -0.05) is 0 Å². The molecule has 0 saturated heterocycles. The molecule has 5 nitrogen and oxygen atoms in total. The van der Waals surface area contributed by atoms with Crippen LogP contribution in [-0.2, 0) is 19.0 Å². The van der Waals surface area contributed by atoms with Crippen LogP contribution in [0, 0.1) is 0 Å². The maximum atomic E-state index is 10.6. The van der Waals surface area contributed by atoms with Gasteiger partial charge in [-0.3, -0.25) is 4.79 Å². The summed E-state index contributed by atoms with van der Waals surface area (Å²) in [5.74, 6) is -1.24. The number of primary amides is 1. The van der Waals surface area contributed by atoms with Crippen LogP contribution < -0.4 is 5.73 Å². The Balaban J connectivity index is 2.52. The second kappa shape index (κ2) is 4.54. The Hall–Kier alpha value is -0.910. The number of ether oxygens (including phenoxy) is 3. The molecular formula is C9H15NO4. The molecule has 0 aromatic rings. The first-order valence-corrected chi connectivity index (χ1v) is 4.35. The first-order valence-electron chi connectivity index (χ1n) is 4.35. The summed E-state index contributed by atoms with van der Waals surface area (Å²) in [6.07, 6.45) is 3.68. The van der Waals surface area contributed by atoms with Crippen LogP contribution in [0.4, 0.5) is 0 Å². The zero-order valence-corrected chi connectivity index (χ0v) is 8.36. The summed E-state index contributed by atoms with van der Waals surface area (Å²) in [4.78, 5) is 10.6. The van der Waals surface area contributed by atoms with Crippen LogP contribution in [0.15, 0.2) is 12.2 Å². The zero-order chi connectivity index (χ0) is 10.6. The summed E-state index contributed by atoms with van der Waals surface area (Å²) < 4.78 is 15.6. The first-order chi connectivity index (χ1) is 6.62. The Kier molecular flexibility index (Phi) is 3.62. The Bertz CT molecular complexity index is 241. The van der Waals surface area contributed by atoms with Crippen LogP contribution in [0.2, 0.25) is 0 Å². The normalized spacial score (nSPS) is 30.9. The molecule has 1 heterocycles. The molecule has 0 radical (unpaired) electrons. The van der Waals surface area contributed by atoms with Crippen molar-refractivity contribution >= 4 is 5.91 Å². The van der Waals surface area contributed by atoms with Crippen LogP contribution in [0.5, 0.6) is 0 Å². The molecule has 80 valence electrons. The van der Waals surface area contributed by atoms with E-state index in [0.29, 0.717) is 6.42 Å². The minimum atomic E-state index is -0.865. The Morgan fingerprint density at radius 2 is 2.36 bits per heavy atom. The van der Waals surface area contributed by atoms with Crippen LogP contribution in [0.25, 0.3) is 0 Å². The number of amides is 1. The van der Waals surface area contributed by atoms with Crippen molar-refractivity contribution in [2.45, 2.75) is 24.9 Å². The fraction of sp³-hybridized carbons (Fsp3) is 0.667. The molecule has 0 aromatic heterocycles. The molecule has 0 saturated carbocycles. The van der Waals surface area contributed by atoms with Gasteiger partial charge in [0.25, 0.3) is 0 Å². The summed E-state index contributed by atoms with van der Waals surface area (Å²) in [7, 11) is 3.05. The number of hydrogen-bond acceptors (Lipinski definition) is 4. The summed E-state index contributed by atoms with van der Waals surface area (Å²) in [5.41, 5.74) is 5.05. The summed E-state index contributed by atoms with van der Waals surface area (Å²) in [6, 6.07) is 0.